The average Bonchev–Trinajstić information content (AvgIpc) is 3.07. The van der Waals surface area contributed by atoms with Crippen molar-refractivity contribution in [2.45, 2.75) is 0 Å². The molecule has 0 spiro atoms. The molecule has 0 aliphatic carbocycles. The van der Waals surface area contributed by atoms with Crippen molar-refractivity contribution in [3.05, 3.63) is 63.6 Å². The van der Waals surface area contributed by atoms with Crippen molar-refractivity contribution < 1.29 is 9.53 Å². The van der Waals surface area contributed by atoms with Crippen LogP contribution in [-0.4, -0.2) is 23.1 Å². The predicted molar refractivity (Wildman–Crippen MR) is 127 cm³/mol. The minimum Gasteiger partial charge on any atom is -0.495 e. The minimum absolute atomic E-state index is 0.166. The molecule has 0 aliphatic heterocycles. The molecule has 0 radical (unpaired) electrons. The normalized spacial score (nSPS) is 10.9. The van der Waals surface area contributed by atoms with E-state index in [4.69, 9.17) is 28.6 Å². The molecule has 0 atom stereocenters. The Morgan fingerprint density at radius 2 is 1.97 bits per heavy atom. The molecular formula is C20H13BrClN3O2S2. The van der Waals surface area contributed by atoms with Crippen LogP contribution in [-0.2, 0) is 0 Å². The van der Waals surface area contributed by atoms with Crippen LogP contribution in [0.5, 0.6) is 5.75 Å². The number of methoxy groups -OCH3 is 1. The van der Waals surface area contributed by atoms with Gasteiger partial charge in [-0.1, -0.05) is 63.1 Å². The van der Waals surface area contributed by atoms with E-state index in [9.17, 15) is 4.79 Å². The highest BCUT2D eigenvalue weighted by molar-refractivity contribution is 9.10. The molecule has 9 heteroatoms. The van der Waals surface area contributed by atoms with E-state index in [1.807, 2.05) is 36.4 Å². The van der Waals surface area contributed by atoms with Crippen molar-refractivity contribution in [2.75, 3.05) is 12.4 Å². The first-order valence-electron chi connectivity index (χ1n) is 8.40. The van der Waals surface area contributed by atoms with Gasteiger partial charge in [0.25, 0.3) is 5.91 Å². The Labute approximate surface area is 189 Å². The van der Waals surface area contributed by atoms with E-state index in [-0.39, 0.29) is 11.0 Å². The van der Waals surface area contributed by atoms with Crippen LogP contribution in [0.2, 0.25) is 5.02 Å². The number of nitrogens with one attached hydrogen (secondary N) is 2. The number of halogens is 2. The topological polar surface area (TPSA) is 63.2 Å². The predicted octanol–water partition coefficient (Wildman–Crippen LogP) is 6.00. The number of thiocarbonyl (C=S) groups is 1. The van der Waals surface area contributed by atoms with Crippen LogP contribution in [0.25, 0.3) is 21.0 Å². The van der Waals surface area contributed by atoms with Crippen molar-refractivity contribution in [1.29, 1.82) is 0 Å². The number of nitrogens with zero attached hydrogens (tertiary/aromatic N) is 1. The van der Waals surface area contributed by atoms with Crippen LogP contribution in [0, 0.1) is 0 Å². The molecule has 2 N–H and O–H groups in total. The summed E-state index contributed by atoms with van der Waals surface area (Å²) >= 11 is 16.3. The molecule has 0 fully saturated rings. The van der Waals surface area contributed by atoms with Gasteiger partial charge in [-0.25, -0.2) is 4.98 Å². The van der Waals surface area contributed by atoms with Gasteiger partial charge in [-0.2, -0.15) is 0 Å². The van der Waals surface area contributed by atoms with Gasteiger partial charge in [0.1, 0.15) is 5.75 Å². The lowest BCUT2D eigenvalue weighted by Crippen LogP contribution is -2.34. The monoisotopic (exact) mass is 505 g/mol. The van der Waals surface area contributed by atoms with Gasteiger partial charge in [-0.05, 0) is 41.2 Å². The Bertz CT molecular complexity index is 1280. The first kappa shape index (κ1) is 20.0. The van der Waals surface area contributed by atoms with Gasteiger partial charge >= 0.3 is 0 Å². The number of amides is 1. The highest BCUT2D eigenvalue weighted by Gasteiger charge is 2.14. The molecule has 1 aromatic heterocycles. The zero-order chi connectivity index (χ0) is 20.5. The van der Waals surface area contributed by atoms with Gasteiger partial charge in [0.05, 0.1) is 22.3 Å². The quantitative estimate of drug-likeness (QED) is 0.334. The van der Waals surface area contributed by atoms with Crippen LogP contribution in [0.3, 0.4) is 0 Å². The number of hydrogen-bond donors (Lipinski definition) is 2. The molecule has 0 bridgehead atoms. The highest BCUT2D eigenvalue weighted by Crippen LogP contribution is 2.34. The Balaban J connectivity index is 1.54. The van der Waals surface area contributed by atoms with Crippen molar-refractivity contribution >= 4 is 88.2 Å². The molecule has 1 heterocycles. The lowest BCUT2D eigenvalue weighted by Gasteiger charge is -2.10. The van der Waals surface area contributed by atoms with Gasteiger partial charge in [0.15, 0.2) is 10.2 Å². The fraction of sp³-hybridized carbons (Fsp3) is 0.0500. The van der Waals surface area contributed by atoms with E-state index in [1.165, 1.54) is 11.3 Å². The summed E-state index contributed by atoms with van der Waals surface area (Å²) in [6.45, 7) is 0. The number of ether oxygens (including phenoxy) is 1. The summed E-state index contributed by atoms with van der Waals surface area (Å²) in [6, 6.07) is 14.8. The van der Waals surface area contributed by atoms with Crippen LogP contribution in [0.15, 0.2) is 53.0 Å². The second kappa shape index (κ2) is 8.23. The smallest absolute Gasteiger partial charge is 0.258 e. The average molecular weight is 507 g/mol. The van der Waals surface area contributed by atoms with Crippen LogP contribution in [0.1, 0.15) is 10.4 Å². The molecule has 0 unspecified atom stereocenters. The van der Waals surface area contributed by atoms with Crippen molar-refractivity contribution in [2.24, 2.45) is 0 Å². The van der Waals surface area contributed by atoms with Gasteiger partial charge in [-0.3, -0.25) is 10.1 Å². The molecular weight excluding hydrogens is 494 g/mol. The molecule has 0 aliphatic rings. The second-order valence-electron chi connectivity index (χ2n) is 6.02. The number of hydrogen-bond acceptors (Lipinski definition) is 5. The third-order valence-corrected chi connectivity index (χ3v) is 6.35. The highest BCUT2D eigenvalue weighted by atomic mass is 79.9. The summed E-state index contributed by atoms with van der Waals surface area (Å²) in [5.41, 5.74) is 1.25. The number of benzene rings is 3. The van der Waals surface area contributed by atoms with Gasteiger partial charge < -0.3 is 10.1 Å². The fourth-order valence-electron chi connectivity index (χ4n) is 2.91. The van der Waals surface area contributed by atoms with E-state index < -0.39 is 0 Å². The third kappa shape index (κ3) is 4.06. The van der Waals surface area contributed by atoms with Crippen LogP contribution >= 0.6 is 51.1 Å². The first-order chi connectivity index (χ1) is 14.0. The summed E-state index contributed by atoms with van der Waals surface area (Å²) in [7, 11) is 1.56. The van der Waals surface area contributed by atoms with Gasteiger partial charge in [0, 0.05) is 16.1 Å². The maximum Gasteiger partial charge on any atom is 0.258 e. The van der Waals surface area contributed by atoms with E-state index in [2.05, 4.69) is 31.5 Å². The fourth-order valence-corrected chi connectivity index (χ4v) is 4.78. The standard InChI is InChI=1S/C20H13BrClN3O2S2/c1-27-16-9-17-15(8-14(16)22)23-20(29-17)25-19(28)24-18(26)12-6-2-5-11-10(12)4-3-7-13(11)21/h2-9H,1H3,(H2,23,24,25,26,28). The molecule has 5 nitrogen and oxygen atoms in total. The summed E-state index contributed by atoms with van der Waals surface area (Å²) in [6.07, 6.45) is 0. The lowest BCUT2D eigenvalue weighted by molar-refractivity contribution is 0.0979. The molecule has 0 saturated carbocycles. The summed E-state index contributed by atoms with van der Waals surface area (Å²) in [4.78, 5) is 17.2. The maximum absolute atomic E-state index is 12.8. The number of rotatable bonds is 3. The van der Waals surface area contributed by atoms with E-state index in [1.54, 1.807) is 19.2 Å². The molecule has 4 aromatic rings. The Morgan fingerprint density at radius 3 is 2.76 bits per heavy atom. The van der Waals surface area contributed by atoms with Crippen molar-refractivity contribution in [1.82, 2.24) is 10.3 Å². The number of anilines is 1. The summed E-state index contributed by atoms with van der Waals surface area (Å²) < 4.78 is 7.04. The molecule has 29 heavy (non-hydrogen) atoms. The SMILES string of the molecule is COc1cc2sc(NC(=S)NC(=O)c3cccc4c(Br)cccc34)nc2cc1Cl. The van der Waals surface area contributed by atoms with E-state index in [0.29, 0.717) is 21.5 Å². The molecule has 1 amide bonds. The Kier molecular flexibility index (Phi) is 5.69. The maximum atomic E-state index is 12.8. The Hall–Kier alpha value is -2.26. The minimum atomic E-state index is -0.294. The lowest BCUT2D eigenvalue weighted by atomic mass is 10.0. The number of thiazole rings is 1. The Morgan fingerprint density at radius 1 is 1.21 bits per heavy atom. The van der Waals surface area contributed by atoms with Gasteiger partial charge in [0.2, 0.25) is 0 Å². The number of fused-ring (bicyclic) bond motifs is 2. The zero-order valence-electron chi connectivity index (χ0n) is 15.0. The molecule has 4 rings (SSSR count). The first-order valence-corrected chi connectivity index (χ1v) is 10.8. The number of carbonyl (C=O) groups excluding carboxylic acids is 1. The van der Waals surface area contributed by atoms with E-state index >= 15 is 0 Å². The number of carbonyl (C=O) groups is 1. The third-order valence-electron chi connectivity index (χ3n) is 4.22. The van der Waals surface area contributed by atoms with Gasteiger partial charge in [-0.15, -0.1) is 0 Å². The molecule has 146 valence electrons. The summed E-state index contributed by atoms with van der Waals surface area (Å²) in [5, 5.41) is 8.67. The van der Waals surface area contributed by atoms with E-state index in [0.717, 1.165) is 25.5 Å². The molecule has 3 aromatic carbocycles. The van der Waals surface area contributed by atoms with Crippen molar-refractivity contribution in [3.63, 3.8) is 0 Å². The van der Waals surface area contributed by atoms with Crippen LogP contribution < -0.4 is 15.4 Å². The largest absolute Gasteiger partial charge is 0.495 e. The van der Waals surface area contributed by atoms with Crippen LogP contribution in [0.4, 0.5) is 5.13 Å². The van der Waals surface area contributed by atoms with Crippen molar-refractivity contribution in [3.8, 4) is 5.75 Å². The summed E-state index contributed by atoms with van der Waals surface area (Å²) in [5.74, 6) is 0.282. The zero-order valence-corrected chi connectivity index (χ0v) is 18.9. The molecule has 0 saturated heterocycles. The number of aromatic nitrogens is 1. The second-order valence-corrected chi connectivity index (χ2v) is 8.72.